The number of aliphatic hydroxyl groups is 1. The summed E-state index contributed by atoms with van der Waals surface area (Å²) < 4.78 is 5.60. The molecule has 1 amide bonds. The van der Waals surface area contributed by atoms with E-state index in [9.17, 15) is 14.7 Å². The lowest BCUT2D eigenvalue weighted by atomic mass is 9.93. The highest BCUT2D eigenvalue weighted by atomic mass is 32.1. The van der Waals surface area contributed by atoms with E-state index in [0.717, 1.165) is 5.56 Å². The van der Waals surface area contributed by atoms with Crippen molar-refractivity contribution in [3.8, 4) is 0 Å². The van der Waals surface area contributed by atoms with Gasteiger partial charge in [-0.15, -0.1) is 11.3 Å². The van der Waals surface area contributed by atoms with Gasteiger partial charge in [-0.25, -0.2) is 0 Å². The van der Waals surface area contributed by atoms with E-state index in [2.05, 4.69) is 13.8 Å². The van der Waals surface area contributed by atoms with Crippen LogP contribution in [0.4, 0.5) is 0 Å². The first-order valence-electron chi connectivity index (χ1n) is 10.3. The van der Waals surface area contributed by atoms with Gasteiger partial charge in [0.1, 0.15) is 0 Å². The third-order valence-electron chi connectivity index (χ3n) is 5.21. The molecule has 2 heterocycles. The average molecular weight is 428 g/mol. The molecule has 3 rings (SSSR count). The normalized spacial score (nSPS) is 16.9. The number of benzene rings is 1. The highest BCUT2D eigenvalue weighted by Crippen LogP contribution is 2.39. The summed E-state index contributed by atoms with van der Waals surface area (Å²) in [4.78, 5) is 28.2. The van der Waals surface area contributed by atoms with Gasteiger partial charge < -0.3 is 14.7 Å². The Balaban J connectivity index is 1.94. The largest absolute Gasteiger partial charge is 0.503 e. The standard InChI is InChI=1S/C24H29NO4S/c1-15(2)17-8-10-18(11-9-17)21-20(22(26)19-7-5-14-30-19)23(27)24(28)25(21)12-6-13-29-16(3)4/h5,7-11,14-16,21,27H,6,12-13H2,1-4H3/t21-/m0/s1. The Kier molecular flexibility index (Phi) is 7.10. The van der Waals surface area contributed by atoms with Gasteiger partial charge in [-0.2, -0.15) is 0 Å². The van der Waals surface area contributed by atoms with Crippen molar-refractivity contribution in [1.29, 1.82) is 0 Å². The minimum absolute atomic E-state index is 0.112. The number of hydrogen-bond donors (Lipinski definition) is 1. The van der Waals surface area contributed by atoms with E-state index in [4.69, 9.17) is 4.74 Å². The predicted molar refractivity (Wildman–Crippen MR) is 119 cm³/mol. The van der Waals surface area contributed by atoms with Crippen LogP contribution in [0, 0.1) is 0 Å². The van der Waals surface area contributed by atoms with Gasteiger partial charge >= 0.3 is 0 Å². The molecular weight excluding hydrogens is 398 g/mol. The third kappa shape index (κ3) is 4.65. The number of hydrogen-bond acceptors (Lipinski definition) is 5. The maximum Gasteiger partial charge on any atom is 0.290 e. The number of ketones is 1. The Morgan fingerprint density at radius 2 is 1.87 bits per heavy atom. The number of nitrogens with zero attached hydrogens (tertiary/aromatic N) is 1. The van der Waals surface area contributed by atoms with Gasteiger partial charge in [0.05, 0.1) is 22.6 Å². The summed E-state index contributed by atoms with van der Waals surface area (Å²) in [5.41, 5.74) is 2.16. The Labute approximate surface area is 182 Å². The molecule has 30 heavy (non-hydrogen) atoms. The molecule has 0 bridgehead atoms. The van der Waals surface area contributed by atoms with Crippen LogP contribution in [0.15, 0.2) is 53.1 Å². The number of amides is 1. The molecule has 0 spiro atoms. The first kappa shape index (κ1) is 22.2. The second kappa shape index (κ2) is 9.58. The van der Waals surface area contributed by atoms with Crippen molar-refractivity contribution in [1.82, 2.24) is 4.90 Å². The Morgan fingerprint density at radius 3 is 2.43 bits per heavy atom. The minimum atomic E-state index is -0.604. The smallest absolute Gasteiger partial charge is 0.290 e. The maximum absolute atomic E-state index is 13.2. The number of ether oxygens (including phenoxy) is 1. The van der Waals surface area contributed by atoms with Crippen molar-refractivity contribution in [3.05, 3.63) is 69.1 Å². The summed E-state index contributed by atoms with van der Waals surface area (Å²) in [6, 6.07) is 10.8. The molecule has 0 fully saturated rings. The fourth-order valence-electron chi connectivity index (χ4n) is 3.62. The van der Waals surface area contributed by atoms with E-state index in [0.29, 0.717) is 30.4 Å². The van der Waals surface area contributed by atoms with E-state index in [1.807, 2.05) is 43.5 Å². The van der Waals surface area contributed by atoms with Gasteiger partial charge in [-0.05, 0) is 48.8 Å². The van der Waals surface area contributed by atoms with Crippen molar-refractivity contribution in [2.75, 3.05) is 13.2 Å². The number of aliphatic hydroxyl groups excluding tert-OH is 1. The molecule has 0 aliphatic carbocycles. The zero-order chi connectivity index (χ0) is 21.8. The highest BCUT2D eigenvalue weighted by Gasteiger charge is 2.43. The van der Waals surface area contributed by atoms with Crippen LogP contribution in [0.25, 0.3) is 0 Å². The number of carbonyl (C=O) groups excluding carboxylic acids is 2. The van der Waals surface area contributed by atoms with Crippen molar-refractivity contribution in [3.63, 3.8) is 0 Å². The van der Waals surface area contributed by atoms with Crippen LogP contribution in [0.5, 0.6) is 0 Å². The van der Waals surface area contributed by atoms with Crippen LogP contribution in [0.1, 0.15) is 66.9 Å². The Hall–Kier alpha value is -2.44. The van der Waals surface area contributed by atoms with Crippen LogP contribution in [-0.2, 0) is 9.53 Å². The van der Waals surface area contributed by atoms with Gasteiger partial charge in [-0.1, -0.05) is 44.2 Å². The van der Waals surface area contributed by atoms with Gasteiger partial charge in [0.25, 0.3) is 5.91 Å². The first-order valence-corrected chi connectivity index (χ1v) is 11.2. The lowest BCUT2D eigenvalue weighted by molar-refractivity contribution is -0.129. The average Bonchev–Trinajstić information content (AvgIpc) is 3.33. The summed E-state index contributed by atoms with van der Waals surface area (Å²) >= 11 is 1.31. The zero-order valence-electron chi connectivity index (χ0n) is 17.9. The molecule has 1 aliphatic heterocycles. The van der Waals surface area contributed by atoms with Gasteiger partial charge in [0.15, 0.2) is 5.76 Å². The molecule has 0 saturated heterocycles. The van der Waals surface area contributed by atoms with Gasteiger partial charge in [0.2, 0.25) is 5.78 Å². The SMILES string of the molecule is CC(C)OCCCN1C(=O)C(O)=C(C(=O)c2cccs2)[C@@H]1c1ccc(C(C)C)cc1. The molecule has 1 aromatic carbocycles. The lowest BCUT2D eigenvalue weighted by Gasteiger charge is -2.27. The first-order chi connectivity index (χ1) is 14.3. The zero-order valence-corrected chi connectivity index (χ0v) is 18.7. The van der Waals surface area contributed by atoms with E-state index >= 15 is 0 Å². The van der Waals surface area contributed by atoms with E-state index in [1.165, 1.54) is 16.9 Å². The molecule has 1 atom stereocenters. The topological polar surface area (TPSA) is 66.8 Å². The molecule has 2 aromatic rings. The highest BCUT2D eigenvalue weighted by molar-refractivity contribution is 7.12. The summed E-state index contributed by atoms with van der Waals surface area (Å²) in [6.45, 7) is 9.07. The predicted octanol–water partition coefficient (Wildman–Crippen LogP) is 5.26. The van der Waals surface area contributed by atoms with Crippen LogP contribution in [-0.4, -0.2) is 41.0 Å². The third-order valence-corrected chi connectivity index (χ3v) is 6.08. The summed E-state index contributed by atoms with van der Waals surface area (Å²) in [6.07, 6.45) is 0.735. The summed E-state index contributed by atoms with van der Waals surface area (Å²) in [5.74, 6) is -0.868. The maximum atomic E-state index is 13.2. The Bertz CT molecular complexity index is 913. The number of Topliss-reactive ketones (excluding diaryl/α,β-unsaturated/α-hetero) is 1. The summed E-state index contributed by atoms with van der Waals surface area (Å²) in [5, 5.41) is 12.5. The van der Waals surface area contributed by atoms with Crippen LogP contribution < -0.4 is 0 Å². The quantitative estimate of drug-likeness (QED) is 0.438. The molecule has 160 valence electrons. The lowest BCUT2D eigenvalue weighted by Crippen LogP contribution is -2.32. The number of rotatable bonds is 9. The molecule has 0 saturated carbocycles. The van der Waals surface area contributed by atoms with Gasteiger partial charge in [-0.3, -0.25) is 9.59 Å². The van der Waals surface area contributed by atoms with E-state index in [1.54, 1.807) is 17.0 Å². The molecule has 0 unspecified atom stereocenters. The van der Waals surface area contributed by atoms with Crippen molar-refractivity contribution >= 4 is 23.0 Å². The molecular formula is C24H29NO4S. The van der Waals surface area contributed by atoms with E-state index < -0.39 is 17.7 Å². The van der Waals surface area contributed by atoms with Crippen LogP contribution in [0.2, 0.25) is 0 Å². The van der Waals surface area contributed by atoms with Gasteiger partial charge in [0, 0.05) is 13.2 Å². The molecule has 1 aliphatic rings. The molecule has 6 heteroatoms. The Morgan fingerprint density at radius 1 is 1.17 bits per heavy atom. The summed E-state index contributed by atoms with van der Waals surface area (Å²) in [7, 11) is 0. The fraction of sp³-hybridized carbons (Fsp3) is 0.417. The van der Waals surface area contributed by atoms with E-state index in [-0.39, 0.29) is 17.5 Å². The minimum Gasteiger partial charge on any atom is -0.503 e. The van der Waals surface area contributed by atoms with Crippen molar-refractivity contribution in [2.45, 2.75) is 52.2 Å². The van der Waals surface area contributed by atoms with Crippen LogP contribution >= 0.6 is 11.3 Å². The van der Waals surface area contributed by atoms with Crippen molar-refractivity contribution in [2.24, 2.45) is 0 Å². The molecule has 0 radical (unpaired) electrons. The van der Waals surface area contributed by atoms with Crippen LogP contribution in [0.3, 0.4) is 0 Å². The molecule has 5 nitrogen and oxygen atoms in total. The molecule has 1 aromatic heterocycles. The fourth-order valence-corrected chi connectivity index (χ4v) is 4.30. The second-order valence-electron chi connectivity index (χ2n) is 8.06. The van der Waals surface area contributed by atoms with Crippen molar-refractivity contribution < 1.29 is 19.4 Å². The molecule has 1 N–H and O–H groups in total. The monoisotopic (exact) mass is 427 g/mol. The number of thiophene rings is 1. The second-order valence-corrected chi connectivity index (χ2v) is 9.01. The number of carbonyl (C=O) groups is 2.